The number of hydrogen-bond donors (Lipinski definition) is 1. The summed E-state index contributed by atoms with van der Waals surface area (Å²) in [6.45, 7) is 9.56. The zero-order valence-electron chi connectivity index (χ0n) is 11.1. The van der Waals surface area contributed by atoms with Crippen LogP contribution in [0.1, 0.15) is 18.9 Å². The van der Waals surface area contributed by atoms with Crippen molar-refractivity contribution in [2.75, 3.05) is 26.2 Å². The molecule has 2 rings (SSSR count). The molecule has 1 aromatic heterocycles. The average molecular weight is 263 g/mol. The van der Waals surface area contributed by atoms with Gasteiger partial charge in [0.15, 0.2) is 0 Å². The van der Waals surface area contributed by atoms with Crippen LogP contribution in [-0.4, -0.2) is 36.1 Å². The molecule has 0 spiro atoms. The molecular weight excluding hydrogens is 242 g/mol. The van der Waals surface area contributed by atoms with Crippen molar-refractivity contribution in [3.8, 4) is 0 Å². The second-order valence-corrected chi connectivity index (χ2v) is 5.41. The van der Waals surface area contributed by atoms with Crippen molar-refractivity contribution >= 4 is 21.6 Å². The fourth-order valence-electron chi connectivity index (χ4n) is 1.94. The van der Waals surface area contributed by atoms with Gasteiger partial charge in [0.2, 0.25) is 0 Å². The van der Waals surface area contributed by atoms with E-state index in [2.05, 4.69) is 53.3 Å². The Morgan fingerprint density at radius 1 is 1.28 bits per heavy atom. The van der Waals surface area contributed by atoms with Gasteiger partial charge in [-0.3, -0.25) is 4.90 Å². The van der Waals surface area contributed by atoms with E-state index < -0.39 is 0 Å². The summed E-state index contributed by atoms with van der Waals surface area (Å²) in [5.41, 5.74) is 1.13. The predicted molar refractivity (Wildman–Crippen MR) is 79.1 cm³/mol. The molecule has 4 heteroatoms. The molecule has 0 radical (unpaired) electrons. The summed E-state index contributed by atoms with van der Waals surface area (Å²) >= 11 is 1.81. The summed E-state index contributed by atoms with van der Waals surface area (Å²) in [5.74, 6) is 0. The third-order valence-electron chi connectivity index (χ3n) is 3.00. The molecule has 0 fully saturated rings. The highest BCUT2D eigenvalue weighted by Gasteiger charge is 2.07. The largest absolute Gasteiger partial charge is 0.316 e. The molecule has 0 aliphatic heterocycles. The van der Waals surface area contributed by atoms with Gasteiger partial charge in [-0.05, 0) is 25.2 Å². The average Bonchev–Trinajstić information content (AvgIpc) is 2.80. The molecule has 0 aliphatic rings. The number of nitrogens with one attached hydrogen (secondary N) is 1. The van der Waals surface area contributed by atoms with E-state index in [1.54, 1.807) is 11.3 Å². The number of thiazole rings is 1. The van der Waals surface area contributed by atoms with Gasteiger partial charge in [0.1, 0.15) is 5.01 Å². The zero-order valence-corrected chi connectivity index (χ0v) is 12.0. The molecule has 1 heterocycles. The minimum Gasteiger partial charge on any atom is -0.316 e. The predicted octanol–water partition coefficient (Wildman–Crippen LogP) is 2.73. The highest BCUT2D eigenvalue weighted by atomic mass is 32.1. The van der Waals surface area contributed by atoms with Crippen LogP contribution >= 0.6 is 11.3 Å². The van der Waals surface area contributed by atoms with E-state index in [1.165, 1.54) is 9.71 Å². The molecule has 0 bridgehead atoms. The third kappa shape index (κ3) is 3.51. The van der Waals surface area contributed by atoms with Crippen molar-refractivity contribution < 1.29 is 0 Å². The third-order valence-corrected chi connectivity index (χ3v) is 4.02. The highest BCUT2D eigenvalue weighted by molar-refractivity contribution is 7.18. The van der Waals surface area contributed by atoms with Gasteiger partial charge in [-0.1, -0.05) is 26.0 Å². The first kappa shape index (κ1) is 13.5. The smallest absolute Gasteiger partial charge is 0.108 e. The lowest BCUT2D eigenvalue weighted by Gasteiger charge is -2.18. The fourth-order valence-corrected chi connectivity index (χ4v) is 2.95. The first-order valence-corrected chi connectivity index (χ1v) is 7.42. The molecule has 0 amide bonds. The molecular formula is C14H21N3S. The summed E-state index contributed by atoms with van der Waals surface area (Å²) in [6.07, 6.45) is 0. The van der Waals surface area contributed by atoms with Crippen LogP contribution in [0.25, 0.3) is 10.2 Å². The van der Waals surface area contributed by atoms with Crippen molar-refractivity contribution in [2.24, 2.45) is 0 Å². The SMILES string of the molecule is CCNCCN(CC)Cc1nc2ccccc2s1. The monoisotopic (exact) mass is 263 g/mol. The number of fused-ring (bicyclic) bond motifs is 1. The second kappa shape index (κ2) is 6.83. The Bertz CT molecular complexity index is 448. The Morgan fingerprint density at radius 3 is 2.83 bits per heavy atom. The second-order valence-electron chi connectivity index (χ2n) is 4.30. The first-order chi connectivity index (χ1) is 8.83. The number of nitrogens with zero attached hydrogens (tertiary/aromatic N) is 2. The van der Waals surface area contributed by atoms with Crippen LogP contribution < -0.4 is 5.32 Å². The van der Waals surface area contributed by atoms with Gasteiger partial charge in [-0.15, -0.1) is 11.3 Å². The number of benzene rings is 1. The summed E-state index contributed by atoms with van der Waals surface area (Å²) < 4.78 is 1.29. The van der Waals surface area contributed by atoms with Gasteiger partial charge in [0, 0.05) is 13.1 Å². The molecule has 1 N–H and O–H groups in total. The van der Waals surface area contributed by atoms with E-state index in [0.717, 1.165) is 38.2 Å². The molecule has 3 nitrogen and oxygen atoms in total. The Morgan fingerprint density at radius 2 is 2.11 bits per heavy atom. The molecule has 2 aromatic rings. The van der Waals surface area contributed by atoms with E-state index in [9.17, 15) is 0 Å². The maximum atomic E-state index is 4.69. The number of para-hydroxylation sites is 1. The number of aromatic nitrogens is 1. The molecule has 1 aromatic carbocycles. The minimum absolute atomic E-state index is 0.960. The lowest BCUT2D eigenvalue weighted by molar-refractivity contribution is 0.280. The lowest BCUT2D eigenvalue weighted by atomic mass is 10.3. The van der Waals surface area contributed by atoms with Crippen LogP contribution in [-0.2, 0) is 6.54 Å². The van der Waals surface area contributed by atoms with E-state index in [-0.39, 0.29) is 0 Å². The minimum atomic E-state index is 0.960. The van der Waals surface area contributed by atoms with Crippen molar-refractivity contribution in [1.82, 2.24) is 15.2 Å². The molecule has 0 saturated heterocycles. The van der Waals surface area contributed by atoms with Gasteiger partial charge < -0.3 is 5.32 Å². The molecule has 0 unspecified atom stereocenters. The highest BCUT2D eigenvalue weighted by Crippen LogP contribution is 2.22. The van der Waals surface area contributed by atoms with Crippen LogP contribution in [0, 0.1) is 0 Å². The fraction of sp³-hybridized carbons (Fsp3) is 0.500. The van der Waals surface area contributed by atoms with E-state index in [1.807, 2.05) is 0 Å². The Hall–Kier alpha value is -0.970. The van der Waals surface area contributed by atoms with E-state index >= 15 is 0 Å². The maximum Gasteiger partial charge on any atom is 0.108 e. The van der Waals surface area contributed by atoms with Crippen LogP contribution in [0.5, 0.6) is 0 Å². The van der Waals surface area contributed by atoms with Gasteiger partial charge >= 0.3 is 0 Å². The van der Waals surface area contributed by atoms with Crippen molar-refractivity contribution in [3.63, 3.8) is 0 Å². The Kier molecular flexibility index (Phi) is 5.11. The van der Waals surface area contributed by atoms with Crippen LogP contribution in [0.2, 0.25) is 0 Å². The van der Waals surface area contributed by atoms with Crippen molar-refractivity contribution in [2.45, 2.75) is 20.4 Å². The Labute approximate surface area is 113 Å². The van der Waals surface area contributed by atoms with Crippen LogP contribution in [0.15, 0.2) is 24.3 Å². The zero-order chi connectivity index (χ0) is 12.8. The van der Waals surface area contributed by atoms with Gasteiger partial charge in [-0.2, -0.15) is 0 Å². The van der Waals surface area contributed by atoms with Crippen molar-refractivity contribution in [1.29, 1.82) is 0 Å². The lowest BCUT2D eigenvalue weighted by Crippen LogP contribution is -2.31. The summed E-state index contributed by atoms with van der Waals surface area (Å²) in [4.78, 5) is 7.12. The Balaban J connectivity index is 1.97. The van der Waals surface area contributed by atoms with Crippen molar-refractivity contribution in [3.05, 3.63) is 29.3 Å². The topological polar surface area (TPSA) is 28.2 Å². The summed E-state index contributed by atoms with van der Waals surface area (Å²) in [6, 6.07) is 8.36. The quantitative estimate of drug-likeness (QED) is 0.779. The summed E-state index contributed by atoms with van der Waals surface area (Å²) in [7, 11) is 0. The van der Waals surface area contributed by atoms with E-state index in [4.69, 9.17) is 0 Å². The van der Waals surface area contributed by atoms with Gasteiger partial charge in [0.05, 0.1) is 16.8 Å². The molecule has 98 valence electrons. The number of likely N-dealkylation sites (N-methyl/N-ethyl adjacent to an activating group) is 2. The van der Waals surface area contributed by atoms with Gasteiger partial charge in [-0.25, -0.2) is 4.98 Å². The number of rotatable bonds is 7. The molecule has 0 atom stereocenters. The maximum absolute atomic E-state index is 4.69. The standard InChI is InChI=1S/C14H21N3S/c1-3-15-9-10-17(4-2)11-14-16-12-7-5-6-8-13(12)18-14/h5-8,15H,3-4,9-11H2,1-2H3. The van der Waals surface area contributed by atoms with E-state index in [0.29, 0.717) is 0 Å². The van der Waals surface area contributed by atoms with Gasteiger partial charge in [0.25, 0.3) is 0 Å². The van der Waals surface area contributed by atoms with Crippen LogP contribution in [0.4, 0.5) is 0 Å². The molecule has 0 saturated carbocycles. The normalized spacial score (nSPS) is 11.5. The molecule has 18 heavy (non-hydrogen) atoms. The first-order valence-electron chi connectivity index (χ1n) is 6.61. The summed E-state index contributed by atoms with van der Waals surface area (Å²) in [5, 5.41) is 4.58. The van der Waals surface area contributed by atoms with Crippen LogP contribution in [0.3, 0.4) is 0 Å². The molecule has 0 aliphatic carbocycles. The number of hydrogen-bond acceptors (Lipinski definition) is 4.